The molecule has 2 rings (SSSR count). The van der Waals surface area contributed by atoms with E-state index < -0.39 is 10.0 Å². The van der Waals surface area contributed by atoms with Crippen LogP contribution in [0.4, 0.5) is 5.69 Å². The number of amides is 1. The SMILES string of the molecule is NCCNS(=O)(=O)c1cc2c(cc1Cl)NC(=O)C2. The van der Waals surface area contributed by atoms with Crippen molar-refractivity contribution in [1.82, 2.24) is 4.72 Å². The summed E-state index contributed by atoms with van der Waals surface area (Å²) in [5.74, 6) is -0.175. The topological polar surface area (TPSA) is 101 Å². The van der Waals surface area contributed by atoms with Crippen LogP contribution in [0.3, 0.4) is 0 Å². The molecule has 0 atom stereocenters. The number of fused-ring (bicyclic) bond motifs is 1. The van der Waals surface area contributed by atoms with E-state index in [0.717, 1.165) is 0 Å². The molecule has 8 heteroatoms. The fraction of sp³-hybridized carbons (Fsp3) is 0.300. The summed E-state index contributed by atoms with van der Waals surface area (Å²) in [5, 5.41) is 2.67. The number of carbonyl (C=O) groups excluding carboxylic acids is 1. The first-order valence-corrected chi connectivity index (χ1v) is 7.12. The summed E-state index contributed by atoms with van der Waals surface area (Å²) >= 11 is 5.92. The van der Waals surface area contributed by atoms with Gasteiger partial charge in [0.25, 0.3) is 0 Å². The van der Waals surface area contributed by atoms with Crippen molar-refractivity contribution in [2.75, 3.05) is 18.4 Å². The Morgan fingerprint density at radius 3 is 2.83 bits per heavy atom. The highest BCUT2D eigenvalue weighted by atomic mass is 35.5. The number of benzene rings is 1. The van der Waals surface area contributed by atoms with Gasteiger partial charge in [-0.25, -0.2) is 13.1 Å². The van der Waals surface area contributed by atoms with E-state index in [1.54, 1.807) is 0 Å². The van der Waals surface area contributed by atoms with E-state index in [0.29, 0.717) is 11.3 Å². The minimum Gasteiger partial charge on any atom is -0.329 e. The lowest BCUT2D eigenvalue weighted by Crippen LogP contribution is -2.29. The molecule has 0 fully saturated rings. The number of nitrogens with two attached hydrogens (primary N) is 1. The molecular weight excluding hydrogens is 278 g/mol. The van der Waals surface area contributed by atoms with Gasteiger partial charge in [0.2, 0.25) is 15.9 Å². The zero-order valence-corrected chi connectivity index (χ0v) is 10.9. The number of halogens is 1. The molecular formula is C10H12ClN3O3S. The van der Waals surface area contributed by atoms with Crippen LogP contribution in [0.15, 0.2) is 17.0 Å². The fourth-order valence-corrected chi connectivity index (χ4v) is 3.33. The summed E-state index contributed by atoms with van der Waals surface area (Å²) in [5.41, 5.74) is 6.43. The second kappa shape index (κ2) is 4.85. The van der Waals surface area contributed by atoms with Crippen molar-refractivity contribution >= 4 is 33.2 Å². The Bertz CT molecular complexity index is 601. The standard InChI is InChI=1S/C10H12ClN3O3S/c11-7-5-8-6(4-10(15)14-8)3-9(7)18(16,17)13-2-1-12/h3,5,13H,1-2,4,12H2,(H,14,15). The maximum atomic E-state index is 11.9. The van der Waals surface area contributed by atoms with Crippen LogP contribution in [0.1, 0.15) is 5.56 Å². The van der Waals surface area contributed by atoms with E-state index in [1.807, 2.05) is 0 Å². The van der Waals surface area contributed by atoms with Crippen LogP contribution in [0.2, 0.25) is 5.02 Å². The summed E-state index contributed by atoms with van der Waals surface area (Å²) in [6, 6.07) is 2.85. The Balaban J connectivity index is 2.41. The summed E-state index contributed by atoms with van der Waals surface area (Å²) in [6.45, 7) is 0.328. The second-order valence-corrected chi connectivity index (χ2v) is 5.99. The van der Waals surface area contributed by atoms with Gasteiger partial charge < -0.3 is 11.1 Å². The zero-order valence-electron chi connectivity index (χ0n) is 9.36. The van der Waals surface area contributed by atoms with Crippen LogP contribution in [0, 0.1) is 0 Å². The number of sulfonamides is 1. The van der Waals surface area contributed by atoms with Gasteiger partial charge in [0, 0.05) is 18.8 Å². The summed E-state index contributed by atoms with van der Waals surface area (Å²) < 4.78 is 26.2. The summed E-state index contributed by atoms with van der Waals surface area (Å²) in [4.78, 5) is 11.2. The lowest BCUT2D eigenvalue weighted by Gasteiger charge is -2.09. The second-order valence-electron chi connectivity index (χ2n) is 3.85. The van der Waals surface area contributed by atoms with Gasteiger partial charge in [-0.05, 0) is 17.7 Å². The number of hydrogen-bond donors (Lipinski definition) is 3. The maximum absolute atomic E-state index is 11.9. The first kappa shape index (κ1) is 13.3. The molecule has 1 aliphatic rings. The van der Waals surface area contributed by atoms with E-state index in [4.69, 9.17) is 17.3 Å². The Kier molecular flexibility index (Phi) is 3.58. The predicted octanol–water partition coefficient (Wildman–Crippen LogP) is 0.0716. The van der Waals surface area contributed by atoms with Crippen LogP contribution < -0.4 is 15.8 Å². The molecule has 1 aliphatic heterocycles. The van der Waals surface area contributed by atoms with Crippen LogP contribution in [-0.4, -0.2) is 27.4 Å². The molecule has 0 aliphatic carbocycles. The Hall–Kier alpha value is -1.15. The monoisotopic (exact) mass is 289 g/mol. The molecule has 0 saturated carbocycles. The Labute approximate surface area is 110 Å². The van der Waals surface area contributed by atoms with E-state index >= 15 is 0 Å². The molecule has 0 radical (unpaired) electrons. The lowest BCUT2D eigenvalue weighted by molar-refractivity contribution is -0.115. The third kappa shape index (κ3) is 2.49. The quantitative estimate of drug-likeness (QED) is 0.730. The van der Waals surface area contributed by atoms with Gasteiger partial charge in [0.05, 0.1) is 11.4 Å². The van der Waals surface area contributed by atoms with Crippen molar-refractivity contribution in [3.8, 4) is 0 Å². The highest BCUT2D eigenvalue weighted by Crippen LogP contribution is 2.31. The molecule has 0 unspecified atom stereocenters. The summed E-state index contributed by atoms with van der Waals surface area (Å²) in [6.07, 6.45) is 0.159. The highest BCUT2D eigenvalue weighted by molar-refractivity contribution is 7.89. The highest BCUT2D eigenvalue weighted by Gasteiger charge is 2.24. The molecule has 1 aromatic rings. The van der Waals surface area contributed by atoms with E-state index in [1.165, 1.54) is 12.1 Å². The van der Waals surface area contributed by atoms with Gasteiger partial charge in [-0.2, -0.15) is 0 Å². The number of carbonyl (C=O) groups is 1. The molecule has 1 amide bonds. The molecule has 4 N–H and O–H groups in total. The molecule has 0 bridgehead atoms. The van der Waals surface area contributed by atoms with Gasteiger partial charge in [-0.3, -0.25) is 4.79 Å². The third-order valence-electron chi connectivity index (χ3n) is 2.51. The minimum absolute atomic E-state index is 0.0344. The molecule has 98 valence electrons. The van der Waals surface area contributed by atoms with Crippen LogP contribution in [0.5, 0.6) is 0 Å². The smallest absolute Gasteiger partial charge is 0.242 e. The molecule has 0 aromatic heterocycles. The number of hydrogen-bond acceptors (Lipinski definition) is 4. The van der Waals surface area contributed by atoms with Crippen LogP contribution in [-0.2, 0) is 21.2 Å². The number of anilines is 1. The molecule has 0 spiro atoms. The first-order chi connectivity index (χ1) is 8.44. The largest absolute Gasteiger partial charge is 0.329 e. The average molecular weight is 290 g/mol. The summed E-state index contributed by atoms with van der Waals surface area (Å²) in [7, 11) is -3.69. The Morgan fingerprint density at radius 1 is 1.44 bits per heavy atom. The van der Waals surface area contributed by atoms with Crippen LogP contribution in [0.25, 0.3) is 0 Å². The molecule has 18 heavy (non-hydrogen) atoms. The molecule has 1 aromatic carbocycles. The van der Waals surface area contributed by atoms with Crippen molar-refractivity contribution in [3.05, 3.63) is 22.7 Å². The first-order valence-electron chi connectivity index (χ1n) is 5.26. The third-order valence-corrected chi connectivity index (χ3v) is 4.43. The van der Waals surface area contributed by atoms with Crippen molar-refractivity contribution < 1.29 is 13.2 Å². The van der Waals surface area contributed by atoms with Crippen molar-refractivity contribution in [3.63, 3.8) is 0 Å². The maximum Gasteiger partial charge on any atom is 0.242 e. The zero-order chi connectivity index (χ0) is 13.3. The number of nitrogens with one attached hydrogen (secondary N) is 2. The molecule has 6 nitrogen and oxygen atoms in total. The van der Waals surface area contributed by atoms with Gasteiger partial charge in [-0.15, -0.1) is 0 Å². The normalized spacial score (nSPS) is 14.4. The van der Waals surface area contributed by atoms with Gasteiger partial charge in [-0.1, -0.05) is 11.6 Å². The van der Waals surface area contributed by atoms with Crippen molar-refractivity contribution in [2.45, 2.75) is 11.3 Å². The van der Waals surface area contributed by atoms with Crippen molar-refractivity contribution in [2.24, 2.45) is 5.73 Å². The average Bonchev–Trinajstić information content (AvgIpc) is 2.64. The Morgan fingerprint density at radius 2 is 2.17 bits per heavy atom. The fourth-order valence-electron chi connectivity index (χ4n) is 1.70. The van der Waals surface area contributed by atoms with E-state index in [2.05, 4.69) is 10.0 Å². The van der Waals surface area contributed by atoms with E-state index in [-0.39, 0.29) is 35.3 Å². The lowest BCUT2D eigenvalue weighted by atomic mass is 10.2. The molecule has 1 heterocycles. The van der Waals surface area contributed by atoms with Crippen LogP contribution >= 0.6 is 11.6 Å². The van der Waals surface area contributed by atoms with Gasteiger partial charge in [0.15, 0.2) is 0 Å². The van der Waals surface area contributed by atoms with Gasteiger partial charge in [0.1, 0.15) is 4.90 Å². The predicted molar refractivity (Wildman–Crippen MR) is 68.0 cm³/mol. The number of rotatable bonds is 4. The van der Waals surface area contributed by atoms with Crippen molar-refractivity contribution in [1.29, 1.82) is 0 Å². The van der Waals surface area contributed by atoms with E-state index in [9.17, 15) is 13.2 Å². The molecule has 0 saturated heterocycles. The minimum atomic E-state index is -3.69. The van der Waals surface area contributed by atoms with Gasteiger partial charge >= 0.3 is 0 Å².